The lowest BCUT2D eigenvalue weighted by Gasteiger charge is -1.82. The Morgan fingerprint density at radius 3 is 1.40 bits per heavy atom. The minimum Gasteiger partial charge on any atom is -0.248 e. The van der Waals surface area contributed by atoms with E-state index in [1.165, 1.54) is 0 Å². The molecule has 0 atom stereocenters. The number of hydrogen-bond acceptors (Lipinski definition) is 2. The van der Waals surface area contributed by atoms with Gasteiger partial charge in [0.25, 0.3) is 0 Å². The third kappa shape index (κ3) is 4.81. The molecule has 0 N–H and O–H groups in total. The zero-order valence-electron chi connectivity index (χ0n) is 10.5. The molecule has 0 unspecified atom stereocenters. The van der Waals surface area contributed by atoms with Gasteiger partial charge in [-0.05, 0) is 71.6 Å². The molecule has 0 radical (unpaired) electrons. The van der Waals surface area contributed by atoms with Gasteiger partial charge in [-0.3, -0.25) is 0 Å². The Morgan fingerprint density at radius 1 is 0.550 bits per heavy atom. The van der Waals surface area contributed by atoms with E-state index in [2.05, 4.69) is 57.3 Å². The van der Waals surface area contributed by atoms with Gasteiger partial charge in [-0.1, -0.05) is 12.1 Å². The van der Waals surface area contributed by atoms with Crippen LogP contribution in [0, 0.1) is 47.4 Å². The molecule has 0 bridgehead atoms. The predicted octanol–water partition coefficient (Wildman–Crippen LogP) is 1.89. The maximum atomic E-state index is 4.05. The quantitative estimate of drug-likeness (QED) is 0.669. The fraction of sp³-hybridized carbons (Fsp3) is 0. The summed E-state index contributed by atoms with van der Waals surface area (Å²) in [6.45, 7) is 0. The average molecular weight is 252 g/mol. The molecule has 0 saturated heterocycles. The van der Waals surface area contributed by atoms with Crippen molar-refractivity contribution in [1.82, 2.24) is 9.97 Å². The van der Waals surface area contributed by atoms with Crippen molar-refractivity contribution >= 4 is 0 Å². The SMILES string of the molecule is C(C#CC#Cc1ccccn1)#CC#Cc1ccccn1. The molecular formula is C18H8N2. The van der Waals surface area contributed by atoms with Crippen molar-refractivity contribution in [1.29, 1.82) is 0 Å². The van der Waals surface area contributed by atoms with Crippen LogP contribution in [-0.2, 0) is 0 Å². The van der Waals surface area contributed by atoms with Gasteiger partial charge in [-0.2, -0.15) is 0 Å². The van der Waals surface area contributed by atoms with Crippen LogP contribution in [0.2, 0.25) is 0 Å². The number of pyridine rings is 2. The van der Waals surface area contributed by atoms with Crippen molar-refractivity contribution in [3.63, 3.8) is 0 Å². The van der Waals surface area contributed by atoms with Crippen LogP contribution in [0.15, 0.2) is 48.8 Å². The Bertz CT molecular complexity index is 733. The molecule has 2 heterocycles. The van der Waals surface area contributed by atoms with Crippen LogP contribution in [0.1, 0.15) is 11.4 Å². The summed E-state index contributed by atoms with van der Waals surface area (Å²) in [6, 6.07) is 11.1. The molecule has 0 aromatic carbocycles. The van der Waals surface area contributed by atoms with Crippen molar-refractivity contribution in [2.75, 3.05) is 0 Å². The smallest absolute Gasteiger partial charge is 0.114 e. The zero-order chi connectivity index (χ0) is 13.9. The van der Waals surface area contributed by atoms with Gasteiger partial charge >= 0.3 is 0 Å². The van der Waals surface area contributed by atoms with Gasteiger partial charge in [-0.25, -0.2) is 9.97 Å². The molecule has 0 spiro atoms. The minimum atomic E-state index is 0.685. The number of hydrogen-bond donors (Lipinski definition) is 0. The Labute approximate surface area is 118 Å². The molecule has 2 rings (SSSR count). The Balaban J connectivity index is 1.92. The van der Waals surface area contributed by atoms with Gasteiger partial charge in [0.1, 0.15) is 11.4 Å². The summed E-state index contributed by atoms with van der Waals surface area (Å²) in [5.41, 5.74) is 1.37. The Kier molecular flexibility index (Phi) is 5.06. The molecule has 2 aromatic heterocycles. The minimum absolute atomic E-state index is 0.685. The van der Waals surface area contributed by atoms with Gasteiger partial charge in [0.15, 0.2) is 0 Å². The van der Waals surface area contributed by atoms with Crippen molar-refractivity contribution < 1.29 is 0 Å². The molecule has 0 aliphatic rings. The molecule has 0 aliphatic carbocycles. The van der Waals surface area contributed by atoms with Crippen LogP contribution in [0.25, 0.3) is 0 Å². The first kappa shape index (κ1) is 13.0. The van der Waals surface area contributed by atoms with E-state index in [0.717, 1.165) is 0 Å². The average Bonchev–Trinajstić information content (AvgIpc) is 2.52. The van der Waals surface area contributed by atoms with Crippen molar-refractivity contribution in [3.05, 3.63) is 60.2 Å². The number of nitrogens with zero attached hydrogens (tertiary/aromatic N) is 2. The van der Waals surface area contributed by atoms with Crippen LogP contribution >= 0.6 is 0 Å². The highest BCUT2D eigenvalue weighted by Gasteiger charge is 1.81. The van der Waals surface area contributed by atoms with Crippen molar-refractivity contribution in [3.8, 4) is 47.4 Å². The molecule has 0 saturated carbocycles. The maximum Gasteiger partial charge on any atom is 0.114 e. The summed E-state index contributed by atoms with van der Waals surface area (Å²) in [5.74, 6) is 21.4. The molecule has 20 heavy (non-hydrogen) atoms. The molecule has 2 nitrogen and oxygen atoms in total. The summed E-state index contributed by atoms with van der Waals surface area (Å²) in [7, 11) is 0. The first-order valence-electron chi connectivity index (χ1n) is 5.79. The fourth-order valence-corrected chi connectivity index (χ4v) is 1.19. The lowest BCUT2D eigenvalue weighted by Crippen LogP contribution is -1.77. The molecule has 0 fully saturated rings. The summed E-state index contributed by atoms with van der Waals surface area (Å²) < 4.78 is 0. The van der Waals surface area contributed by atoms with Crippen LogP contribution in [0.5, 0.6) is 0 Å². The maximum absolute atomic E-state index is 4.05. The van der Waals surface area contributed by atoms with E-state index in [4.69, 9.17) is 0 Å². The monoisotopic (exact) mass is 252 g/mol. The van der Waals surface area contributed by atoms with E-state index in [1.54, 1.807) is 12.4 Å². The normalized spacial score (nSPS) is 7.40. The van der Waals surface area contributed by atoms with Crippen molar-refractivity contribution in [2.45, 2.75) is 0 Å². The summed E-state index contributed by atoms with van der Waals surface area (Å²) in [5, 5.41) is 0. The van der Waals surface area contributed by atoms with E-state index in [9.17, 15) is 0 Å². The molecule has 90 valence electrons. The topological polar surface area (TPSA) is 25.8 Å². The highest BCUT2D eigenvalue weighted by molar-refractivity contribution is 5.44. The van der Waals surface area contributed by atoms with Gasteiger partial charge in [0.05, 0.1) is 0 Å². The first-order valence-corrected chi connectivity index (χ1v) is 5.79. The first-order chi connectivity index (χ1) is 9.95. The fourth-order valence-electron chi connectivity index (χ4n) is 1.19. The molecule has 2 aromatic rings. The molecular weight excluding hydrogens is 244 g/mol. The van der Waals surface area contributed by atoms with Gasteiger partial charge in [0, 0.05) is 12.4 Å². The van der Waals surface area contributed by atoms with Gasteiger partial charge in [0.2, 0.25) is 0 Å². The predicted molar refractivity (Wildman–Crippen MR) is 77.8 cm³/mol. The van der Waals surface area contributed by atoms with E-state index in [-0.39, 0.29) is 0 Å². The largest absolute Gasteiger partial charge is 0.248 e. The van der Waals surface area contributed by atoms with Crippen LogP contribution in [0.3, 0.4) is 0 Å². The third-order valence-corrected chi connectivity index (χ3v) is 2.02. The van der Waals surface area contributed by atoms with Crippen LogP contribution in [-0.4, -0.2) is 9.97 Å². The third-order valence-electron chi connectivity index (χ3n) is 2.02. The second-order valence-corrected chi connectivity index (χ2v) is 3.43. The second-order valence-electron chi connectivity index (χ2n) is 3.43. The Morgan fingerprint density at radius 2 is 1.00 bits per heavy atom. The molecule has 0 amide bonds. The second kappa shape index (κ2) is 7.79. The van der Waals surface area contributed by atoms with Gasteiger partial charge < -0.3 is 0 Å². The Hall–Kier alpha value is -3.46. The molecule has 0 aliphatic heterocycles. The lowest BCUT2D eigenvalue weighted by molar-refractivity contribution is 1.29. The summed E-state index contributed by atoms with van der Waals surface area (Å²) in [4.78, 5) is 8.11. The molecule has 2 heteroatoms. The van der Waals surface area contributed by atoms with E-state index in [1.807, 2.05) is 36.4 Å². The standard InChI is InChI=1S/C18H8N2/c1(3-5-11-17-13-7-9-15-19-17)2-4-6-12-18-14-8-10-16-20-18/h7-10,13-16H. The highest BCUT2D eigenvalue weighted by atomic mass is 14.6. The number of aromatic nitrogens is 2. The van der Waals surface area contributed by atoms with Crippen molar-refractivity contribution in [2.24, 2.45) is 0 Å². The van der Waals surface area contributed by atoms with Crippen LogP contribution < -0.4 is 0 Å². The zero-order valence-corrected chi connectivity index (χ0v) is 10.5. The highest BCUT2D eigenvalue weighted by Crippen LogP contribution is 1.88. The lowest BCUT2D eigenvalue weighted by atomic mass is 10.3. The van der Waals surface area contributed by atoms with E-state index in [0.29, 0.717) is 11.4 Å². The summed E-state index contributed by atoms with van der Waals surface area (Å²) in [6.07, 6.45) is 3.37. The van der Waals surface area contributed by atoms with E-state index < -0.39 is 0 Å². The van der Waals surface area contributed by atoms with Crippen LogP contribution in [0.4, 0.5) is 0 Å². The van der Waals surface area contributed by atoms with E-state index >= 15 is 0 Å². The number of rotatable bonds is 0. The van der Waals surface area contributed by atoms with Gasteiger partial charge in [-0.15, -0.1) is 0 Å². The summed E-state index contributed by atoms with van der Waals surface area (Å²) >= 11 is 0.